The molecule has 2 aromatic carbocycles. The van der Waals surface area contributed by atoms with Gasteiger partial charge >= 0.3 is 0 Å². The molecule has 5 heteroatoms. The predicted octanol–water partition coefficient (Wildman–Crippen LogP) is 5.19. The molecule has 0 bridgehead atoms. The molecule has 1 atom stereocenters. The lowest BCUT2D eigenvalue weighted by atomic mass is 10.1. The van der Waals surface area contributed by atoms with Gasteiger partial charge < -0.3 is 5.32 Å². The van der Waals surface area contributed by atoms with Crippen LogP contribution < -0.4 is 5.32 Å². The summed E-state index contributed by atoms with van der Waals surface area (Å²) < 4.78 is 13.4. The van der Waals surface area contributed by atoms with Crippen LogP contribution in [-0.4, -0.2) is 5.91 Å². The van der Waals surface area contributed by atoms with E-state index in [0.717, 1.165) is 5.56 Å². The molecule has 0 fully saturated rings. The van der Waals surface area contributed by atoms with Crippen molar-refractivity contribution in [3.8, 4) is 0 Å². The summed E-state index contributed by atoms with van der Waals surface area (Å²) in [6.45, 7) is 1.96. The first kappa shape index (κ1) is 15.0. The Morgan fingerprint density at radius 3 is 2.65 bits per heavy atom. The minimum Gasteiger partial charge on any atom is -0.322 e. The summed E-state index contributed by atoms with van der Waals surface area (Å²) in [6, 6.07) is 11.6. The van der Waals surface area contributed by atoms with Gasteiger partial charge in [-0.15, -0.1) is 0 Å². The lowest BCUT2D eigenvalue weighted by Crippen LogP contribution is -2.14. The maximum absolute atomic E-state index is 13.4. The number of rotatable bonds is 3. The topological polar surface area (TPSA) is 29.1 Å². The second-order valence-corrected chi connectivity index (χ2v) is 6.01. The average molecular weight is 357 g/mol. The van der Waals surface area contributed by atoms with Crippen molar-refractivity contribution in [2.45, 2.75) is 11.8 Å². The van der Waals surface area contributed by atoms with Gasteiger partial charge in [-0.2, -0.15) is 0 Å². The van der Waals surface area contributed by atoms with E-state index in [1.165, 1.54) is 18.2 Å². The molecule has 0 spiro atoms. The molecule has 104 valence electrons. The molecule has 0 aliphatic carbocycles. The Kier molecular flexibility index (Phi) is 4.78. The number of alkyl halides is 1. The fraction of sp³-hybridized carbons (Fsp3) is 0.133. The highest BCUT2D eigenvalue weighted by atomic mass is 79.9. The van der Waals surface area contributed by atoms with Crippen LogP contribution in [0, 0.1) is 5.82 Å². The van der Waals surface area contributed by atoms with E-state index in [4.69, 9.17) is 11.6 Å². The van der Waals surface area contributed by atoms with Crippen molar-refractivity contribution in [1.29, 1.82) is 0 Å². The van der Waals surface area contributed by atoms with Crippen LogP contribution >= 0.6 is 27.5 Å². The van der Waals surface area contributed by atoms with Crippen molar-refractivity contribution in [2.75, 3.05) is 5.32 Å². The third-order valence-electron chi connectivity index (χ3n) is 2.83. The first-order valence-corrected chi connectivity index (χ1v) is 7.28. The van der Waals surface area contributed by atoms with E-state index < -0.39 is 11.7 Å². The lowest BCUT2D eigenvalue weighted by molar-refractivity contribution is 0.102. The summed E-state index contributed by atoms with van der Waals surface area (Å²) in [4.78, 5) is 12.3. The van der Waals surface area contributed by atoms with Crippen LogP contribution in [-0.2, 0) is 0 Å². The van der Waals surface area contributed by atoms with Gasteiger partial charge in [0.1, 0.15) is 5.82 Å². The molecule has 2 nitrogen and oxygen atoms in total. The van der Waals surface area contributed by atoms with E-state index in [1.807, 2.05) is 25.1 Å². The van der Waals surface area contributed by atoms with Gasteiger partial charge in [-0.25, -0.2) is 4.39 Å². The van der Waals surface area contributed by atoms with Crippen LogP contribution in [0.5, 0.6) is 0 Å². The molecule has 2 rings (SSSR count). The van der Waals surface area contributed by atoms with Crippen LogP contribution in [0.3, 0.4) is 0 Å². The molecule has 0 saturated heterocycles. The number of nitrogens with one attached hydrogen (secondary N) is 1. The largest absolute Gasteiger partial charge is 0.322 e. The van der Waals surface area contributed by atoms with Crippen LogP contribution in [0.1, 0.15) is 27.7 Å². The Labute approximate surface area is 130 Å². The fourth-order valence-corrected chi connectivity index (χ4v) is 2.44. The first-order chi connectivity index (χ1) is 9.50. The summed E-state index contributed by atoms with van der Waals surface area (Å²) in [7, 11) is 0. The minimum atomic E-state index is -0.610. The Balaban J connectivity index is 2.31. The number of hydrogen-bond acceptors (Lipinski definition) is 1. The zero-order chi connectivity index (χ0) is 14.7. The predicted molar refractivity (Wildman–Crippen MR) is 83.1 cm³/mol. The highest BCUT2D eigenvalue weighted by molar-refractivity contribution is 9.09. The molecule has 20 heavy (non-hydrogen) atoms. The van der Waals surface area contributed by atoms with Crippen molar-refractivity contribution in [1.82, 2.24) is 0 Å². The molecule has 0 aliphatic rings. The number of amides is 1. The molecular weight excluding hydrogens is 345 g/mol. The molecular formula is C15H12BrClFNO. The first-order valence-electron chi connectivity index (χ1n) is 5.99. The molecule has 0 aromatic heterocycles. The maximum atomic E-state index is 13.4. The zero-order valence-corrected chi connectivity index (χ0v) is 13.0. The highest BCUT2D eigenvalue weighted by Crippen LogP contribution is 2.29. The number of halogens is 3. The normalized spacial score (nSPS) is 12.0. The summed E-state index contributed by atoms with van der Waals surface area (Å²) in [5, 5.41) is 2.58. The standard InChI is InChI=1S/C15H12BrClFNO/c1-9(16)10-5-2-3-8-13(10)19-15(20)11-6-4-7-12(18)14(11)17/h2-9H,1H3,(H,19,20). The zero-order valence-electron chi connectivity index (χ0n) is 10.7. The quantitative estimate of drug-likeness (QED) is 0.754. The number of para-hydroxylation sites is 1. The molecule has 0 heterocycles. The number of hydrogen-bond donors (Lipinski definition) is 1. The highest BCUT2D eigenvalue weighted by Gasteiger charge is 2.15. The van der Waals surface area contributed by atoms with Crippen molar-refractivity contribution < 1.29 is 9.18 Å². The van der Waals surface area contributed by atoms with Gasteiger partial charge in [0.05, 0.1) is 10.6 Å². The number of carbonyl (C=O) groups excluding carboxylic acids is 1. The van der Waals surface area contributed by atoms with Gasteiger partial charge in [0, 0.05) is 10.5 Å². The van der Waals surface area contributed by atoms with E-state index in [0.29, 0.717) is 5.69 Å². The molecule has 0 saturated carbocycles. The average Bonchev–Trinajstić information content (AvgIpc) is 2.42. The fourth-order valence-electron chi connectivity index (χ4n) is 1.83. The molecule has 0 aliphatic heterocycles. The molecule has 0 radical (unpaired) electrons. The third kappa shape index (κ3) is 3.19. The van der Waals surface area contributed by atoms with Gasteiger partial charge in [0.25, 0.3) is 5.91 Å². The monoisotopic (exact) mass is 355 g/mol. The smallest absolute Gasteiger partial charge is 0.257 e. The Morgan fingerprint density at radius 1 is 1.25 bits per heavy atom. The van der Waals surface area contributed by atoms with Crippen LogP contribution in [0.2, 0.25) is 5.02 Å². The number of benzene rings is 2. The minimum absolute atomic E-state index is 0.0852. The van der Waals surface area contributed by atoms with Crippen molar-refractivity contribution in [3.05, 3.63) is 64.4 Å². The molecule has 2 aromatic rings. The third-order valence-corrected chi connectivity index (χ3v) is 3.71. The summed E-state index contributed by atoms with van der Waals surface area (Å²) in [6.07, 6.45) is 0. The maximum Gasteiger partial charge on any atom is 0.257 e. The van der Waals surface area contributed by atoms with Crippen LogP contribution in [0.25, 0.3) is 0 Å². The number of carbonyl (C=O) groups is 1. The molecule has 1 unspecified atom stereocenters. The molecule has 1 amide bonds. The Morgan fingerprint density at radius 2 is 1.95 bits per heavy atom. The SMILES string of the molecule is CC(Br)c1ccccc1NC(=O)c1cccc(F)c1Cl. The Hall–Kier alpha value is -1.39. The number of anilines is 1. The summed E-state index contributed by atoms with van der Waals surface area (Å²) in [5.41, 5.74) is 1.72. The summed E-state index contributed by atoms with van der Waals surface area (Å²) >= 11 is 9.28. The lowest BCUT2D eigenvalue weighted by Gasteiger charge is -2.13. The van der Waals surface area contributed by atoms with Crippen LogP contribution in [0.4, 0.5) is 10.1 Å². The van der Waals surface area contributed by atoms with E-state index in [9.17, 15) is 9.18 Å². The Bertz CT molecular complexity index is 646. The van der Waals surface area contributed by atoms with Gasteiger partial charge in [-0.05, 0) is 30.7 Å². The molecule has 1 N–H and O–H groups in total. The second kappa shape index (κ2) is 6.37. The van der Waals surface area contributed by atoms with Gasteiger partial charge in [-0.1, -0.05) is 51.8 Å². The van der Waals surface area contributed by atoms with Gasteiger partial charge in [0.15, 0.2) is 0 Å². The van der Waals surface area contributed by atoms with E-state index >= 15 is 0 Å². The van der Waals surface area contributed by atoms with Crippen molar-refractivity contribution in [2.24, 2.45) is 0 Å². The van der Waals surface area contributed by atoms with Gasteiger partial charge in [0.2, 0.25) is 0 Å². The van der Waals surface area contributed by atoms with Crippen LogP contribution in [0.15, 0.2) is 42.5 Å². The van der Waals surface area contributed by atoms with E-state index in [2.05, 4.69) is 21.2 Å². The summed E-state index contributed by atoms with van der Waals surface area (Å²) in [5.74, 6) is -1.04. The van der Waals surface area contributed by atoms with Gasteiger partial charge in [-0.3, -0.25) is 4.79 Å². The second-order valence-electron chi connectivity index (χ2n) is 4.26. The van der Waals surface area contributed by atoms with E-state index in [1.54, 1.807) is 6.07 Å². The van der Waals surface area contributed by atoms with E-state index in [-0.39, 0.29) is 15.4 Å². The van der Waals surface area contributed by atoms with Crippen molar-refractivity contribution in [3.63, 3.8) is 0 Å². The van der Waals surface area contributed by atoms with Crippen molar-refractivity contribution >= 4 is 39.1 Å².